The summed E-state index contributed by atoms with van der Waals surface area (Å²) in [5, 5.41) is 2.62. The van der Waals surface area contributed by atoms with Crippen molar-refractivity contribution in [3.8, 4) is 0 Å². The number of alkyl halides is 2. The molecule has 2 aliphatic heterocycles. The Morgan fingerprint density at radius 3 is 2.95 bits per heavy atom. The molecule has 0 spiro atoms. The lowest BCUT2D eigenvalue weighted by Crippen LogP contribution is -2.42. The number of halogens is 3. The van der Waals surface area contributed by atoms with Gasteiger partial charge in [0, 0.05) is 23.1 Å². The van der Waals surface area contributed by atoms with Gasteiger partial charge in [-0.3, -0.25) is 10.1 Å². The number of rotatable bonds is 1. The second kappa shape index (κ2) is 4.52. The van der Waals surface area contributed by atoms with E-state index in [-0.39, 0.29) is 5.91 Å². The lowest BCUT2D eigenvalue weighted by atomic mass is 10.1. The van der Waals surface area contributed by atoms with E-state index < -0.39 is 24.9 Å². The van der Waals surface area contributed by atoms with Crippen LogP contribution in [0.3, 0.4) is 0 Å². The van der Waals surface area contributed by atoms with Crippen LogP contribution in [0.1, 0.15) is 12.0 Å². The van der Waals surface area contributed by atoms with E-state index in [2.05, 4.69) is 21.2 Å². The molecule has 1 unspecified atom stereocenters. The molecule has 1 aromatic carbocycles. The van der Waals surface area contributed by atoms with Gasteiger partial charge in [-0.25, -0.2) is 8.78 Å². The maximum atomic E-state index is 13.2. The Balaban J connectivity index is 1.80. The molecule has 2 aliphatic rings. The number of nitrogens with zero attached hydrogens (tertiary/aromatic N) is 1. The summed E-state index contributed by atoms with van der Waals surface area (Å²) < 4.78 is 27.3. The number of carbonyl (C=O) groups is 1. The van der Waals surface area contributed by atoms with Crippen molar-refractivity contribution >= 4 is 27.5 Å². The summed E-state index contributed by atoms with van der Waals surface area (Å²) in [5.41, 5.74) is 1.91. The fourth-order valence-electron chi connectivity index (χ4n) is 2.68. The molecule has 1 fully saturated rings. The number of hydrogen-bond donors (Lipinski definition) is 1. The fraction of sp³-hybridized carbons (Fsp3) is 0.462. The van der Waals surface area contributed by atoms with Gasteiger partial charge in [0.2, 0.25) is 5.91 Å². The van der Waals surface area contributed by atoms with Gasteiger partial charge in [-0.1, -0.05) is 15.9 Å². The largest absolute Gasteiger partial charge is 0.310 e. The zero-order valence-electron chi connectivity index (χ0n) is 10.1. The quantitative estimate of drug-likeness (QED) is 0.857. The van der Waals surface area contributed by atoms with Gasteiger partial charge < -0.3 is 4.90 Å². The Kier molecular flexibility index (Phi) is 3.09. The Morgan fingerprint density at radius 2 is 2.26 bits per heavy atom. The molecule has 102 valence electrons. The molecule has 1 amide bonds. The predicted molar refractivity (Wildman–Crippen MR) is 71.6 cm³/mol. The van der Waals surface area contributed by atoms with Crippen LogP contribution in [0, 0.1) is 0 Å². The highest BCUT2D eigenvalue weighted by atomic mass is 79.9. The van der Waals surface area contributed by atoms with Crippen molar-refractivity contribution in [2.45, 2.75) is 24.8 Å². The van der Waals surface area contributed by atoms with Crippen LogP contribution in [-0.2, 0) is 11.2 Å². The molecule has 0 saturated carbocycles. The molecule has 1 aromatic rings. The maximum absolute atomic E-state index is 13.2. The molecule has 6 heteroatoms. The highest BCUT2D eigenvalue weighted by Crippen LogP contribution is 2.33. The average molecular weight is 331 g/mol. The first-order valence-corrected chi connectivity index (χ1v) is 6.97. The predicted octanol–water partition coefficient (Wildman–Crippen LogP) is 2.34. The highest BCUT2D eigenvalue weighted by Gasteiger charge is 2.44. The van der Waals surface area contributed by atoms with Gasteiger partial charge >= 0.3 is 0 Å². The van der Waals surface area contributed by atoms with Crippen LogP contribution in [0.5, 0.6) is 0 Å². The normalized spacial score (nSPS) is 24.6. The lowest BCUT2D eigenvalue weighted by Gasteiger charge is -2.21. The minimum absolute atomic E-state index is 0.252. The highest BCUT2D eigenvalue weighted by molar-refractivity contribution is 9.10. The van der Waals surface area contributed by atoms with Crippen molar-refractivity contribution in [1.29, 1.82) is 0 Å². The van der Waals surface area contributed by atoms with Crippen molar-refractivity contribution in [2.75, 3.05) is 18.0 Å². The van der Waals surface area contributed by atoms with E-state index >= 15 is 0 Å². The van der Waals surface area contributed by atoms with Gasteiger partial charge in [0.05, 0.1) is 12.6 Å². The third-order valence-corrected chi connectivity index (χ3v) is 4.10. The number of nitrogens with one attached hydrogen (secondary N) is 1. The molecular formula is C13H13BrF2N2O. The molecule has 1 atom stereocenters. The summed E-state index contributed by atoms with van der Waals surface area (Å²) in [6.07, 6.45) is 0.359. The minimum Gasteiger partial charge on any atom is -0.310 e. The standard InChI is InChI=1S/C13H13BrF2N2O/c14-9-1-2-11-8(5-9)3-4-18(11)12(19)10-6-13(15,16)7-17-10/h1-2,5,10,17H,3-4,6-7H2. The first-order chi connectivity index (χ1) is 8.96. The molecule has 1 N–H and O–H groups in total. The van der Waals surface area contributed by atoms with E-state index in [1.54, 1.807) is 4.90 Å². The summed E-state index contributed by atoms with van der Waals surface area (Å²) in [4.78, 5) is 13.9. The monoisotopic (exact) mass is 330 g/mol. The van der Waals surface area contributed by atoms with Crippen LogP contribution in [0.25, 0.3) is 0 Å². The second-order valence-electron chi connectivity index (χ2n) is 5.01. The number of carbonyl (C=O) groups excluding carboxylic acids is 1. The number of benzene rings is 1. The molecule has 0 bridgehead atoms. The fourth-order valence-corrected chi connectivity index (χ4v) is 3.09. The van der Waals surface area contributed by atoms with Crippen LogP contribution < -0.4 is 10.2 Å². The second-order valence-corrected chi connectivity index (χ2v) is 5.92. The van der Waals surface area contributed by atoms with Crippen molar-refractivity contribution in [2.24, 2.45) is 0 Å². The van der Waals surface area contributed by atoms with Gasteiger partial charge in [0.15, 0.2) is 0 Å². The molecule has 3 nitrogen and oxygen atoms in total. The Hall–Kier alpha value is -1.01. The molecule has 1 saturated heterocycles. The van der Waals surface area contributed by atoms with Gasteiger partial charge in [-0.15, -0.1) is 0 Å². The first kappa shape index (κ1) is 13.0. The molecule has 0 radical (unpaired) electrons. The Labute approximate surface area is 118 Å². The molecule has 0 aliphatic carbocycles. The number of amides is 1. The van der Waals surface area contributed by atoms with Crippen molar-refractivity contribution < 1.29 is 13.6 Å². The summed E-state index contributed by atoms with van der Waals surface area (Å²) in [5.74, 6) is -3.03. The van der Waals surface area contributed by atoms with E-state index in [1.165, 1.54) is 0 Å². The summed E-state index contributed by atoms with van der Waals surface area (Å²) in [7, 11) is 0. The van der Waals surface area contributed by atoms with Crippen molar-refractivity contribution in [1.82, 2.24) is 5.32 Å². The van der Waals surface area contributed by atoms with Gasteiger partial charge in [-0.05, 0) is 30.2 Å². The third kappa shape index (κ3) is 2.39. The average Bonchev–Trinajstić information content (AvgIpc) is 2.91. The van der Waals surface area contributed by atoms with E-state index in [4.69, 9.17) is 0 Å². The van der Waals surface area contributed by atoms with Crippen LogP contribution >= 0.6 is 15.9 Å². The van der Waals surface area contributed by atoms with Crippen molar-refractivity contribution in [3.63, 3.8) is 0 Å². The van der Waals surface area contributed by atoms with E-state index in [1.807, 2.05) is 18.2 Å². The minimum atomic E-state index is -2.78. The number of hydrogen-bond acceptors (Lipinski definition) is 2. The van der Waals surface area contributed by atoms with Crippen LogP contribution in [0.4, 0.5) is 14.5 Å². The van der Waals surface area contributed by atoms with Gasteiger partial charge in [0.1, 0.15) is 0 Å². The summed E-state index contributed by atoms with van der Waals surface area (Å²) in [6.45, 7) is 0.152. The zero-order chi connectivity index (χ0) is 13.6. The molecule has 0 aromatic heterocycles. The van der Waals surface area contributed by atoms with Gasteiger partial charge in [0.25, 0.3) is 5.92 Å². The van der Waals surface area contributed by atoms with Crippen molar-refractivity contribution in [3.05, 3.63) is 28.2 Å². The van der Waals surface area contributed by atoms with E-state index in [9.17, 15) is 13.6 Å². The zero-order valence-corrected chi connectivity index (χ0v) is 11.7. The molecule has 3 rings (SSSR count). The summed E-state index contributed by atoms with van der Waals surface area (Å²) >= 11 is 3.39. The molecular weight excluding hydrogens is 318 g/mol. The number of fused-ring (bicyclic) bond motifs is 1. The summed E-state index contributed by atoms with van der Waals surface area (Å²) in [6, 6.07) is 4.92. The maximum Gasteiger partial charge on any atom is 0.262 e. The smallest absolute Gasteiger partial charge is 0.262 e. The molecule has 19 heavy (non-hydrogen) atoms. The number of anilines is 1. The lowest BCUT2D eigenvalue weighted by molar-refractivity contribution is -0.120. The Morgan fingerprint density at radius 1 is 1.47 bits per heavy atom. The third-order valence-electron chi connectivity index (χ3n) is 3.61. The molecule has 2 heterocycles. The first-order valence-electron chi connectivity index (χ1n) is 6.17. The van der Waals surface area contributed by atoms with Crippen LogP contribution in [-0.4, -0.2) is 31.0 Å². The SMILES string of the molecule is O=C(C1CC(F)(F)CN1)N1CCc2cc(Br)ccc21. The van der Waals surface area contributed by atoms with Crippen LogP contribution in [0.2, 0.25) is 0 Å². The topological polar surface area (TPSA) is 32.3 Å². The Bertz CT molecular complexity index is 535. The van der Waals surface area contributed by atoms with Crippen LogP contribution in [0.15, 0.2) is 22.7 Å². The van der Waals surface area contributed by atoms with E-state index in [0.29, 0.717) is 6.54 Å². The van der Waals surface area contributed by atoms with Gasteiger partial charge in [-0.2, -0.15) is 0 Å². The van der Waals surface area contributed by atoms with E-state index in [0.717, 1.165) is 22.1 Å².